The zero-order valence-electron chi connectivity index (χ0n) is 19.4. The molecule has 0 N–H and O–H groups in total. The van der Waals surface area contributed by atoms with Crippen molar-refractivity contribution in [2.24, 2.45) is 4.99 Å². The van der Waals surface area contributed by atoms with Gasteiger partial charge < -0.3 is 19.3 Å². The van der Waals surface area contributed by atoms with Crippen molar-refractivity contribution in [3.63, 3.8) is 0 Å². The van der Waals surface area contributed by atoms with Crippen molar-refractivity contribution >= 4 is 17.6 Å². The van der Waals surface area contributed by atoms with Gasteiger partial charge in [-0.3, -0.25) is 0 Å². The van der Waals surface area contributed by atoms with E-state index in [0.717, 1.165) is 17.7 Å². The number of halogens is 3. The highest BCUT2D eigenvalue weighted by atomic mass is 19.4. The summed E-state index contributed by atoms with van der Waals surface area (Å²) in [5, 5.41) is 0. The molecule has 0 aromatic heterocycles. The van der Waals surface area contributed by atoms with Crippen molar-refractivity contribution < 1.29 is 27.4 Å². The van der Waals surface area contributed by atoms with Crippen molar-refractivity contribution in [1.29, 1.82) is 0 Å². The lowest BCUT2D eigenvalue weighted by Gasteiger charge is -2.25. The molecule has 5 rings (SSSR count). The number of amidine groups is 1. The third kappa shape index (κ3) is 5.15. The van der Waals surface area contributed by atoms with Crippen LogP contribution in [0.1, 0.15) is 23.1 Å². The van der Waals surface area contributed by atoms with E-state index in [1.807, 2.05) is 47.4 Å². The van der Waals surface area contributed by atoms with Gasteiger partial charge in [0.05, 0.1) is 11.1 Å². The molecule has 1 amide bonds. The molecule has 3 aromatic carbocycles. The van der Waals surface area contributed by atoms with Gasteiger partial charge >= 0.3 is 12.3 Å². The summed E-state index contributed by atoms with van der Waals surface area (Å²) in [5.74, 6) is 1.28. The highest BCUT2D eigenvalue weighted by molar-refractivity contribution is 6.03. The van der Waals surface area contributed by atoms with Crippen LogP contribution >= 0.6 is 0 Å². The quantitative estimate of drug-likeness (QED) is 0.423. The highest BCUT2D eigenvalue weighted by Gasteiger charge is 2.32. The second-order valence-corrected chi connectivity index (χ2v) is 8.58. The van der Waals surface area contributed by atoms with Crippen molar-refractivity contribution in [3.05, 3.63) is 89.5 Å². The normalized spacial score (nSPS) is 15.6. The van der Waals surface area contributed by atoms with Gasteiger partial charge in [-0.15, -0.1) is 0 Å². The third-order valence-electron chi connectivity index (χ3n) is 6.12. The van der Waals surface area contributed by atoms with E-state index in [2.05, 4.69) is 4.99 Å². The second kappa shape index (κ2) is 9.93. The average molecular weight is 496 g/mol. The van der Waals surface area contributed by atoms with Crippen LogP contribution in [0.15, 0.2) is 77.8 Å². The number of para-hydroxylation sites is 1. The largest absolute Gasteiger partial charge is 0.454 e. The van der Waals surface area contributed by atoms with Crippen LogP contribution in [0.25, 0.3) is 0 Å². The molecule has 1 fully saturated rings. The van der Waals surface area contributed by atoms with Gasteiger partial charge in [0.2, 0.25) is 0 Å². The van der Waals surface area contributed by atoms with Gasteiger partial charge in [0.1, 0.15) is 23.9 Å². The Morgan fingerprint density at radius 3 is 2.50 bits per heavy atom. The minimum absolute atomic E-state index is 0.111. The van der Waals surface area contributed by atoms with Gasteiger partial charge in [-0.1, -0.05) is 42.5 Å². The number of alkyl halides is 3. The maximum atomic E-state index is 13.4. The molecule has 0 spiro atoms. The van der Waals surface area contributed by atoms with Gasteiger partial charge in [0.25, 0.3) is 0 Å². The molecule has 36 heavy (non-hydrogen) atoms. The number of carbonyl (C=O) groups excluding carboxylic acids is 1. The Bertz CT molecular complexity index is 1280. The molecule has 186 valence electrons. The molecule has 2 aliphatic rings. The van der Waals surface area contributed by atoms with Crippen LogP contribution < -0.4 is 4.74 Å². The minimum Gasteiger partial charge on any atom is -0.454 e. The van der Waals surface area contributed by atoms with Crippen LogP contribution in [0.5, 0.6) is 11.5 Å². The monoisotopic (exact) mass is 495 g/mol. The first-order valence-electron chi connectivity index (χ1n) is 11.7. The van der Waals surface area contributed by atoms with E-state index >= 15 is 0 Å². The Labute approximate surface area is 206 Å². The fraction of sp³-hybridized carbons (Fsp3) is 0.259. The van der Waals surface area contributed by atoms with Gasteiger partial charge in [-0.2, -0.15) is 13.2 Å². The summed E-state index contributed by atoms with van der Waals surface area (Å²) < 4.78 is 51.6. The lowest BCUT2D eigenvalue weighted by Crippen LogP contribution is -2.37. The predicted molar refractivity (Wildman–Crippen MR) is 129 cm³/mol. The SMILES string of the molecule is O=C(OCc1ccccc1)N1CCCN(C2=Nc3cc(C(F)(F)F)ccc3Oc3ccccc32)CC1. The fourth-order valence-corrected chi connectivity index (χ4v) is 4.26. The molecule has 0 atom stereocenters. The standard InChI is InChI=1S/C27H24F3N3O3/c28-27(29,30)20-11-12-24-22(17-20)31-25(21-9-4-5-10-23(21)36-24)32-13-6-14-33(16-15-32)26(34)35-18-19-7-2-1-3-8-19/h1-5,7-12,17H,6,13-16,18H2. The van der Waals surface area contributed by atoms with Gasteiger partial charge in [0.15, 0.2) is 5.75 Å². The lowest BCUT2D eigenvalue weighted by atomic mass is 10.1. The number of aliphatic imine (C=N–C) groups is 1. The van der Waals surface area contributed by atoms with E-state index in [1.54, 1.807) is 17.0 Å². The third-order valence-corrected chi connectivity index (χ3v) is 6.12. The van der Waals surface area contributed by atoms with Crippen LogP contribution in [0.4, 0.5) is 23.7 Å². The number of hydrogen-bond donors (Lipinski definition) is 0. The molecule has 0 saturated carbocycles. The average Bonchev–Trinajstić information content (AvgIpc) is 3.22. The van der Waals surface area contributed by atoms with E-state index in [-0.39, 0.29) is 18.0 Å². The zero-order chi connectivity index (χ0) is 25.1. The van der Waals surface area contributed by atoms with E-state index in [1.165, 1.54) is 6.07 Å². The number of rotatable bonds is 2. The molecule has 6 nitrogen and oxygen atoms in total. The first kappa shape index (κ1) is 23.7. The highest BCUT2D eigenvalue weighted by Crippen LogP contribution is 2.41. The summed E-state index contributed by atoms with van der Waals surface area (Å²) in [6, 6.07) is 20.0. The topological polar surface area (TPSA) is 54.4 Å². The van der Waals surface area contributed by atoms with E-state index < -0.39 is 17.8 Å². The van der Waals surface area contributed by atoms with Crippen LogP contribution in [0, 0.1) is 0 Å². The first-order chi connectivity index (χ1) is 17.4. The van der Waals surface area contributed by atoms with Crippen molar-refractivity contribution in [1.82, 2.24) is 9.80 Å². The molecular weight excluding hydrogens is 471 g/mol. The van der Waals surface area contributed by atoms with Gasteiger partial charge in [0, 0.05) is 26.2 Å². The first-order valence-corrected chi connectivity index (χ1v) is 11.7. The van der Waals surface area contributed by atoms with Crippen molar-refractivity contribution in [3.8, 4) is 11.5 Å². The lowest BCUT2D eigenvalue weighted by molar-refractivity contribution is -0.137. The molecule has 1 saturated heterocycles. The van der Waals surface area contributed by atoms with Crippen LogP contribution in [0.3, 0.4) is 0 Å². The Balaban J connectivity index is 1.38. The molecular formula is C27H24F3N3O3. The van der Waals surface area contributed by atoms with Crippen LogP contribution in [-0.2, 0) is 17.5 Å². The van der Waals surface area contributed by atoms with Crippen LogP contribution in [0.2, 0.25) is 0 Å². The van der Waals surface area contributed by atoms with Crippen molar-refractivity contribution in [2.45, 2.75) is 19.2 Å². The maximum absolute atomic E-state index is 13.4. The number of fused-ring (bicyclic) bond motifs is 2. The number of benzene rings is 3. The number of nitrogens with zero attached hydrogens (tertiary/aromatic N) is 3. The summed E-state index contributed by atoms with van der Waals surface area (Å²) in [7, 11) is 0. The van der Waals surface area contributed by atoms with E-state index in [4.69, 9.17) is 9.47 Å². The van der Waals surface area contributed by atoms with Crippen molar-refractivity contribution in [2.75, 3.05) is 26.2 Å². The van der Waals surface area contributed by atoms with E-state index in [9.17, 15) is 18.0 Å². The van der Waals surface area contributed by atoms with Crippen LogP contribution in [-0.4, -0.2) is 47.9 Å². The number of carbonyl (C=O) groups is 1. The predicted octanol–water partition coefficient (Wildman–Crippen LogP) is 6.23. The molecule has 2 heterocycles. The maximum Gasteiger partial charge on any atom is 0.416 e. The molecule has 0 radical (unpaired) electrons. The molecule has 3 aromatic rings. The summed E-state index contributed by atoms with van der Waals surface area (Å²) in [5.41, 5.74) is 0.910. The Kier molecular flexibility index (Phi) is 6.54. The molecule has 9 heteroatoms. The summed E-state index contributed by atoms with van der Waals surface area (Å²) >= 11 is 0. The molecule has 0 bridgehead atoms. The minimum atomic E-state index is -4.49. The Morgan fingerprint density at radius 1 is 0.917 bits per heavy atom. The number of ether oxygens (including phenoxy) is 2. The zero-order valence-corrected chi connectivity index (χ0v) is 19.4. The molecule has 0 unspecified atom stereocenters. The van der Waals surface area contributed by atoms with E-state index in [0.29, 0.717) is 49.7 Å². The fourth-order valence-electron chi connectivity index (χ4n) is 4.26. The van der Waals surface area contributed by atoms with Gasteiger partial charge in [-0.25, -0.2) is 9.79 Å². The molecule has 0 aliphatic carbocycles. The summed E-state index contributed by atoms with van der Waals surface area (Å²) in [4.78, 5) is 21.0. The number of hydrogen-bond acceptors (Lipinski definition) is 5. The molecule has 2 aliphatic heterocycles. The summed E-state index contributed by atoms with van der Waals surface area (Å²) in [6.07, 6.45) is -4.24. The Hall–Kier alpha value is -4.01. The Morgan fingerprint density at radius 2 is 1.69 bits per heavy atom. The van der Waals surface area contributed by atoms with Gasteiger partial charge in [-0.05, 0) is 42.3 Å². The summed E-state index contributed by atoms with van der Waals surface area (Å²) in [6.45, 7) is 2.11. The number of amides is 1. The second-order valence-electron chi connectivity index (χ2n) is 8.58. The smallest absolute Gasteiger partial charge is 0.416 e.